The van der Waals surface area contributed by atoms with E-state index in [0.717, 1.165) is 34.1 Å². The Balaban J connectivity index is 2.15. The maximum absolute atomic E-state index is 12.2. The van der Waals surface area contributed by atoms with Gasteiger partial charge in [-0.15, -0.1) is 0 Å². The van der Waals surface area contributed by atoms with Crippen LogP contribution in [0.5, 0.6) is 0 Å². The summed E-state index contributed by atoms with van der Waals surface area (Å²) < 4.78 is 1.84. The predicted molar refractivity (Wildman–Crippen MR) is 76.1 cm³/mol. The third kappa shape index (κ3) is 2.89. The van der Waals surface area contributed by atoms with Crippen LogP contribution >= 0.6 is 31.9 Å². The molecule has 1 saturated heterocycles. The highest BCUT2D eigenvalue weighted by molar-refractivity contribution is 9.11. The molecule has 0 saturated carbocycles. The summed E-state index contributed by atoms with van der Waals surface area (Å²) in [5, 5.41) is 6.20. The van der Waals surface area contributed by atoms with Crippen LogP contribution in [0.15, 0.2) is 27.1 Å². The van der Waals surface area contributed by atoms with Crippen LogP contribution in [0.3, 0.4) is 0 Å². The molecule has 2 N–H and O–H groups in total. The number of amides is 1. The third-order valence-corrected chi connectivity index (χ3v) is 4.28. The highest BCUT2D eigenvalue weighted by Crippen LogP contribution is 2.30. The van der Waals surface area contributed by atoms with Crippen molar-refractivity contribution in [3.63, 3.8) is 0 Å². The second kappa shape index (κ2) is 5.08. The quantitative estimate of drug-likeness (QED) is 0.849. The fraction of sp³-hybridized carbons (Fsp3) is 0.417. The molecule has 5 heteroatoms. The van der Waals surface area contributed by atoms with Crippen molar-refractivity contribution < 1.29 is 4.79 Å². The van der Waals surface area contributed by atoms with Gasteiger partial charge in [-0.05, 0) is 54.0 Å². The summed E-state index contributed by atoms with van der Waals surface area (Å²) in [6.07, 6.45) is 0.879. The molecule has 1 atom stereocenters. The van der Waals surface area contributed by atoms with Crippen LogP contribution in [0.1, 0.15) is 13.3 Å². The Morgan fingerprint density at radius 3 is 2.88 bits per heavy atom. The van der Waals surface area contributed by atoms with E-state index in [1.165, 1.54) is 0 Å². The van der Waals surface area contributed by atoms with E-state index in [0.29, 0.717) is 0 Å². The van der Waals surface area contributed by atoms with Gasteiger partial charge >= 0.3 is 0 Å². The van der Waals surface area contributed by atoms with E-state index in [1.54, 1.807) is 0 Å². The van der Waals surface area contributed by atoms with Crippen LogP contribution in [0.4, 0.5) is 5.69 Å². The molecule has 1 heterocycles. The van der Waals surface area contributed by atoms with Crippen molar-refractivity contribution in [2.45, 2.75) is 13.3 Å². The molecule has 1 aromatic rings. The molecule has 0 spiro atoms. The van der Waals surface area contributed by atoms with Gasteiger partial charge in [0.05, 0.1) is 11.1 Å². The summed E-state index contributed by atoms with van der Waals surface area (Å²) in [5.74, 6) is 0.0706. The lowest BCUT2D eigenvalue weighted by molar-refractivity contribution is -0.123. The summed E-state index contributed by atoms with van der Waals surface area (Å²) in [4.78, 5) is 12.2. The van der Waals surface area contributed by atoms with Gasteiger partial charge in [-0.2, -0.15) is 0 Å². The fourth-order valence-electron chi connectivity index (χ4n) is 1.88. The Bertz CT molecular complexity index is 442. The molecule has 0 bridgehead atoms. The largest absolute Gasteiger partial charge is 0.325 e. The topological polar surface area (TPSA) is 41.1 Å². The number of benzene rings is 1. The monoisotopic (exact) mass is 360 g/mol. The van der Waals surface area contributed by atoms with Crippen molar-refractivity contribution >= 4 is 43.5 Å². The van der Waals surface area contributed by atoms with Gasteiger partial charge in [0.25, 0.3) is 0 Å². The van der Waals surface area contributed by atoms with E-state index in [4.69, 9.17) is 0 Å². The van der Waals surface area contributed by atoms with Crippen molar-refractivity contribution in [3.05, 3.63) is 27.1 Å². The average Bonchev–Trinajstić information content (AvgIpc) is 2.72. The van der Waals surface area contributed by atoms with Crippen LogP contribution in [-0.4, -0.2) is 19.0 Å². The minimum atomic E-state index is -0.304. The maximum atomic E-state index is 12.2. The lowest BCUT2D eigenvalue weighted by Crippen LogP contribution is -2.35. The lowest BCUT2D eigenvalue weighted by Gasteiger charge is -2.22. The molecule has 3 nitrogen and oxygen atoms in total. The average molecular weight is 362 g/mol. The zero-order chi connectivity index (χ0) is 12.5. The second-order valence-electron chi connectivity index (χ2n) is 4.57. The SMILES string of the molecule is CC1(C(=O)Nc2cc(Br)ccc2Br)CCNC1. The molecule has 1 aliphatic heterocycles. The van der Waals surface area contributed by atoms with Gasteiger partial charge < -0.3 is 10.6 Å². The number of nitrogens with one attached hydrogen (secondary N) is 2. The summed E-state index contributed by atoms with van der Waals surface area (Å²) in [6, 6.07) is 5.74. The first-order valence-corrected chi connectivity index (χ1v) is 7.07. The Kier molecular flexibility index (Phi) is 3.90. The van der Waals surface area contributed by atoms with Crippen LogP contribution in [0.25, 0.3) is 0 Å². The van der Waals surface area contributed by atoms with Gasteiger partial charge in [0.2, 0.25) is 5.91 Å². The first-order valence-electron chi connectivity index (χ1n) is 5.48. The molecule has 1 fully saturated rings. The molecular formula is C12H14Br2N2O. The van der Waals surface area contributed by atoms with Crippen molar-refractivity contribution in [1.29, 1.82) is 0 Å². The standard InChI is InChI=1S/C12H14Br2N2O/c1-12(4-5-15-7-12)11(17)16-10-6-8(13)2-3-9(10)14/h2-3,6,15H,4-5,7H2,1H3,(H,16,17). The van der Waals surface area contributed by atoms with E-state index >= 15 is 0 Å². The van der Waals surface area contributed by atoms with E-state index in [9.17, 15) is 4.79 Å². The normalized spacial score (nSPS) is 23.7. The molecule has 0 aliphatic carbocycles. The van der Waals surface area contributed by atoms with Crippen molar-refractivity contribution in [1.82, 2.24) is 5.32 Å². The molecule has 0 aromatic heterocycles. The van der Waals surface area contributed by atoms with Gasteiger partial charge in [-0.3, -0.25) is 4.79 Å². The summed E-state index contributed by atoms with van der Waals surface area (Å²) >= 11 is 6.83. The molecule has 1 aliphatic rings. The first-order chi connectivity index (χ1) is 8.01. The van der Waals surface area contributed by atoms with E-state index in [1.807, 2.05) is 25.1 Å². The predicted octanol–water partition coefficient (Wildman–Crippen LogP) is 3.15. The van der Waals surface area contributed by atoms with Gasteiger partial charge in [0.1, 0.15) is 0 Å². The summed E-state index contributed by atoms with van der Waals surface area (Å²) in [6.45, 7) is 3.64. The fourth-order valence-corrected chi connectivity index (χ4v) is 2.58. The summed E-state index contributed by atoms with van der Waals surface area (Å²) in [7, 11) is 0. The van der Waals surface area contributed by atoms with Crippen LogP contribution in [-0.2, 0) is 4.79 Å². The molecule has 17 heavy (non-hydrogen) atoms. The van der Waals surface area contributed by atoms with Gasteiger partial charge in [-0.25, -0.2) is 0 Å². The highest BCUT2D eigenvalue weighted by Gasteiger charge is 2.36. The van der Waals surface area contributed by atoms with Crippen LogP contribution in [0.2, 0.25) is 0 Å². The number of carbonyl (C=O) groups is 1. The van der Waals surface area contributed by atoms with E-state index in [2.05, 4.69) is 42.5 Å². The Morgan fingerprint density at radius 2 is 2.24 bits per heavy atom. The number of carbonyl (C=O) groups excluding carboxylic acids is 1. The number of hydrogen-bond acceptors (Lipinski definition) is 2. The smallest absolute Gasteiger partial charge is 0.231 e. The first kappa shape index (κ1) is 13.1. The summed E-state index contributed by atoms with van der Waals surface area (Å²) in [5.41, 5.74) is 0.499. The Labute approximate surface area is 118 Å². The molecule has 1 unspecified atom stereocenters. The van der Waals surface area contributed by atoms with Crippen molar-refractivity contribution in [2.24, 2.45) is 5.41 Å². The second-order valence-corrected chi connectivity index (χ2v) is 6.34. The van der Waals surface area contributed by atoms with Crippen LogP contribution in [0, 0.1) is 5.41 Å². The maximum Gasteiger partial charge on any atom is 0.231 e. The minimum Gasteiger partial charge on any atom is -0.325 e. The lowest BCUT2D eigenvalue weighted by atomic mass is 9.89. The molecular weight excluding hydrogens is 348 g/mol. The van der Waals surface area contributed by atoms with Gasteiger partial charge in [0, 0.05) is 15.5 Å². The van der Waals surface area contributed by atoms with Gasteiger partial charge in [-0.1, -0.05) is 15.9 Å². The van der Waals surface area contributed by atoms with E-state index in [-0.39, 0.29) is 11.3 Å². The molecule has 0 radical (unpaired) electrons. The zero-order valence-corrected chi connectivity index (χ0v) is 12.7. The van der Waals surface area contributed by atoms with Crippen molar-refractivity contribution in [3.8, 4) is 0 Å². The van der Waals surface area contributed by atoms with Crippen molar-refractivity contribution in [2.75, 3.05) is 18.4 Å². The molecule has 92 valence electrons. The molecule has 2 rings (SSSR count). The molecule has 1 aromatic carbocycles. The minimum absolute atomic E-state index is 0.0706. The number of hydrogen-bond donors (Lipinski definition) is 2. The highest BCUT2D eigenvalue weighted by atomic mass is 79.9. The van der Waals surface area contributed by atoms with Crippen LogP contribution < -0.4 is 10.6 Å². The van der Waals surface area contributed by atoms with Gasteiger partial charge in [0.15, 0.2) is 0 Å². The number of rotatable bonds is 2. The van der Waals surface area contributed by atoms with E-state index < -0.39 is 0 Å². The Morgan fingerprint density at radius 1 is 1.47 bits per heavy atom. The third-order valence-electron chi connectivity index (χ3n) is 3.09. The Hall–Kier alpha value is -0.390. The number of halogens is 2. The zero-order valence-electron chi connectivity index (χ0n) is 9.52. The number of anilines is 1. The molecule has 1 amide bonds.